The van der Waals surface area contributed by atoms with E-state index >= 15 is 0 Å². The monoisotopic (exact) mass is 677 g/mol. The van der Waals surface area contributed by atoms with Gasteiger partial charge in [0.05, 0.1) is 47.3 Å². The van der Waals surface area contributed by atoms with Gasteiger partial charge < -0.3 is 29.7 Å². The van der Waals surface area contributed by atoms with Gasteiger partial charge in [0, 0.05) is 13.0 Å². The first-order valence-corrected chi connectivity index (χ1v) is 16.9. The van der Waals surface area contributed by atoms with Crippen LogP contribution in [0.1, 0.15) is 56.2 Å². The molecule has 0 aliphatic carbocycles. The highest BCUT2D eigenvalue weighted by Gasteiger charge is 2.75. The first-order chi connectivity index (χ1) is 23.1. The lowest BCUT2D eigenvalue weighted by molar-refractivity contribution is -0.146. The molecule has 10 nitrogen and oxygen atoms in total. The van der Waals surface area contributed by atoms with Crippen molar-refractivity contribution in [2.75, 3.05) is 24.7 Å². The number of carbonyl (C=O) groups excluding carboxylic acids is 4. The highest BCUT2D eigenvalue weighted by Crippen LogP contribution is 2.59. The van der Waals surface area contributed by atoms with Crippen molar-refractivity contribution in [2.24, 2.45) is 11.8 Å². The van der Waals surface area contributed by atoms with E-state index in [1.54, 1.807) is 24.3 Å². The minimum Gasteiger partial charge on any atom is -0.463 e. The van der Waals surface area contributed by atoms with Crippen LogP contribution in [0.2, 0.25) is 5.02 Å². The van der Waals surface area contributed by atoms with Gasteiger partial charge in [-0.15, -0.1) is 13.2 Å². The maximum Gasteiger partial charge on any atom is 0.306 e. The van der Waals surface area contributed by atoms with Crippen LogP contribution < -0.4 is 10.2 Å². The van der Waals surface area contributed by atoms with E-state index in [0.29, 0.717) is 36.4 Å². The molecule has 3 saturated heterocycles. The molecule has 2 bridgehead atoms. The number of hydrogen-bond donors (Lipinski definition) is 2. The number of rotatable bonds is 15. The summed E-state index contributed by atoms with van der Waals surface area (Å²) in [5, 5.41) is 13.8. The van der Waals surface area contributed by atoms with Crippen LogP contribution in [0.4, 0.5) is 5.69 Å². The molecule has 0 radical (unpaired) electrons. The quantitative estimate of drug-likeness (QED) is 0.207. The molecule has 48 heavy (non-hydrogen) atoms. The van der Waals surface area contributed by atoms with Crippen molar-refractivity contribution in [3.63, 3.8) is 0 Å². The minimum absolute atomic E-state index is 0.100. The smallest absolute Gasteiger partial charge is 0.306 e. The third kappa shape index (κ3) is 6.41. The highest BCUT2D eigenvalue weighted by molar-refractivity contribution is 6.34. The fourth-order valence-electron chi connectivity index (χ4n) is 7.65. The number of ether oxygens (including phenoxy) is 2. The van der Waals surface area contributed by atoms with Crippen LogP contribution in [0.15, 0.2) is 73.8 Å². The van der Waals surface area contributed by atoms with Gasteiger partial charge in [0.25, 0.3) is 5.91 Å². The molecule has 1 spiro atoms. The molecule has 3 amide bonds. The van der Waals surface area contributed by atoms with Gasteiger partial charge in [-0.05, 0) is 49.8 Å². The molecule has 3 aliphatic rings. The van der Waals surface area contributed by atoms with Crippen molar-refractivity contribution in [1.29, 1.82) is 0 Å². The third-order valence-corrected chi connectivity index (χ3v) is 10.2. The van der Waals surface area contributed by atoms with Crippen LogP contribution in [0, 0.1) is 18.8 Å². The van der Waals surface area contributed by atoms with E-state index in [2.05, 4.69) is 18.5 Å². The maximum atomic E-state index is 14.8. The number of halogens is 1. The topological polar surface area (TPSA) is 125 Å². The van der Waals surface area contributed by atoms with Crippen molar-refractivity contribution >= 4 is 41.0 Å². The van der Waals surface area contributed by atoms with Crippen LogP contribution in [0.3, 0.4) is 0 Å². The summed E-state index contributed by atoms with van der Waals surface area (Å²) < 4.78 is 12.2. The molecule has 11 heteroatoms. The van der Waals surface area contributed by atoms with Gasteiger partial charge in [-0.2, -0.15) is 0 Å². The first kappa shape index (κ1) is 35.3. The van der Waals surface area contributed by atoms with Gasteiger partial charge in [0.1, 0.15) is 18.2 Å². The van der Waals surface area contributed by atoms with Crippen LogP contribution in [0.5, 0.6) is 0 Å². The van der Waals surface area contributed by atoms with Crippen molar-refractivity contribution in [3.05, 3.63) is 90.0 Å². The number of para-hydroxylation sites is 1. The molecule has 5 rings (SSSR count). The molecule has 0 saturated carbocycles. The fraction of sp³-hybridized carbons (Fsp3) is 0.459. The molecule has 0 aromatic heterocycles. The first-order valence-electron chi connectivity index (χ1n) is 16.5. The molecular formula is C37H44ClN3O7. The molecule has 0 unspecified atom stereocenters. The number of esters is 1. The average Bonchev–Trinajstić information content (AvgIpc) is 3.73. The number of allylic oxidation sites excluding steroid dienone is 1. The molecule has 3 heterocycles. The lowest BCUT2D eigenvalue weighted by Crippen LogP contribution is -2.59. The standard InChI is InChI=1S/C37H44ClN3O7/c1-5-8-17-29(43)47-22-27(24-14-10-9-11-15-24)39-34(44)30-28-18-19-37(48-28)31(30)35(45)41(25(7-3)21-42)33(37)36(46)40(20-6-2)32-23(4)13-12-16-26(32)38/h5-6,9-16,25,27-28,30-31,33,42H,1-2,7-8,17-22H2,3-4H3,(H,39,44)/t25-,27+,28+,30-,31-,33+,37-/m0/s1. The summed E-state index contributed by atoms with van der Waals surface area (Å²) in [6.45, 7) is 10.8. The van der Waals surface area contributed by atoms with Gasteiger partial charge in [0.15, 0.2) is 0 Å². The number of aliphatic hydroxyl groups excluding tert-OH is 1. The zero-order chi connectivity index (χ0) is 34.6. The predicted molar refractivity (Wildman–Crippen MR) is 182 cm³/mol. The van der Waals surface area contributed by atoms with E-state index in [1.165, 1.54) is 9.80 Å². The Morgan fingerprint density at radius 2 is 1.94 bits per heavy atom. The molecule has 2 aromatic carbocycles. The van der Waals surface area contributed by atoms with Crippen molar-refractivity contribution in [3.8, 4) is 0 Å². The van der Waals surface area contributed by atoms with E-state index in [1.807, 2.05) is 50.2 Å². The predicted octanol–water partition coefficient (Wildman–Crippen LogP) is 4.68. The summed E-state index contributed by atoms with van der Waals surface area (Å²) in [5.41, 5.74) is 0.707. The zero-order valence-electron chi connectivity index (χ0n) is 27.5. The summed E-state index contributed by atoms with van der Waals surface area (Å²) in [6.07, 6.45) is 4.50. The molecule has 7 atom stereocenters. The summed E-state index contributed by atoms with van der Waals surface area (Å²) in [6, 6.07) is 12.0. The van der Waals surface area contributed by atoms with Crippen LogP contribution >= 0.6 is 11.6 Å². The third-order valence-electron chi connectivity index (χ3n) is 9.87. The van der Waals surface area contributed by atoms with E-state index in [9.17, 15) is 24.3 Å². The number of amides is 3. The Balaban J connectivity index is 1.50. The average molecular weight is 678 g/mol. The molecule has 3 aliphatic heterocycles. The molecule has 2 aromatic rings. The van der Waals surface area contributed by atoms with Gasteiger partial charge in [0.2, 0.25) is 11.8 Å². The Bertz CT molecular complexity index is 1530. The van der Waals surface area contributed by atoms with Gasteiger partial charge in [-0.25, -0.2) is 0 Å². The summed E-state index contributed by atoms with van der Waals surface area (Å²) in [5.74, 6) is -3.52. The Kier molecular flexibility index (Phi) is 11.1. The fourth-order valence-corrected chi connectivity index (χ4v) is 7.98. The van der Waals surface area contributed by atoms with E-state index in [-0.39, 0.29) is 26.2 Å². The minimum atomic E-state index is -1.29. The lowest BCUT2D eigenvalue weighted by atomic mass is 9.70. The Morgan fingerprint density at radius 3 is 2.58 bits per heavy atom. The van der Waals surface area contributed by atoms with E-state index < -0.39 is 65.4 Å². The Morgan fingerprint density at radius 1 is 1.19 bits per heavy atom. The second-order valence-electron chi connectivity index (χ2n) is 12.7. The SMILES string of the molecule is C=CCCC(=O)OC[C@@H](NC(=O)[C@@H]1[C@H]2C(=O)N([C@@H](CC)CO)[C@H](C(=O)N(CC=C)c3c(C)cccc3Cl)[C@]23CC[C@H]1O3)c1ccccc1. The van der Waals surface area contributed by atoms with E-state index in [0.717, 1.165) is 11.1 Å². The largest absolute Gasteiger partial charge is 0.463 e. The highest BCUT2D eigenvalue weighted by atomic mass is 35.5. The number of carbonyl (C=O) groups is 4. The normalized spacial score (nSPS) is 25.2. The van der Waals surface area contributed by atoms with Crippen molar-refractivity contribution in [1.82, 2.24) is 10.2 Å². The molecule has 256 valence electrons. The Hall–Kier alpha value is -3.99. The number of hydrogen-bond acceptors (Lipinski definition) is 7. The van der Waals surface area contributed by atoms with Crippen LogP contribution in [-0.2, 0) is 28.7 Å². The van der Waals surface area contributed by atoms with Crippen LogP contribution in [-0.4, -0.2) is 77.2 Å². The second-order valence-corrected chi connectivity index (χ2v) is 13.1. The van der Waals surface area contributed by atoms with Gasteiger partial charge >= 0.3 is 5.97 Å². The summed E-state index contributed by atoms with van der Waals surface area (Å²) in [7, 11) is 0. The number of fused-ring (bicyclic) bond motifs is 1. The number of benzene rings is 2. The van der Waals surface area contributed by atoms with Crippen LogP contribution in [0.25, 0.3) is 0 Å². The number of nitrogens with zero attached hydrogens (tertiary/aromatic N) is 2. The Labute approximate surface area is 286 Å². The lowest BCUT2D eigenvalue weighted by Gasteiger charge is -2.39. The summed E-state index contributed by atoms with van der Waals surface area (Å²) in [4.78, 5) is 59.0. The number of nitrogens with one attached hydrogen (secondary N) is 1. The maximum absolute atomic E-state index is 14.8. The van der Waals surface area contributed by atoms with Gasteiger partial charge in [-0.1, -0.05) is 73.1 Å². The summed E-state index contributed by atoms with van der Waals surface area (Å²) >= 11 is 6.65. The molecular weight excluding hydrogens is 634 g/mol. The van der Waals surface area contributed by atoms with Crippen molar-refractivity contribution < 1.29 is 33.8 Å². The number of anilines is 1. The zero-order valence-corrected chi connectivity index (χ0v) is 28.2. The second kappa shape index (κ2) is 15.1. The van der Waals surface area contributed by atoms with Crippen molar-refractivity contribution in [2.45, 2.75) is 75.8 Å². The number of aliphatic hydroxyl groups is 1. The number of aryl methyl sites for hydroxylation is 1. The molecule has 2 N–H and O–H groups in total. The number of likely N-dealkylation sites (tertiary alicyclic amines) is 1. The van der Waals surface area contributed by atoms with Gasteiger partial charge in [-0.3, -0.25) is 19.2 Å². The van der Waals surface area contributed by atoms with E-state index in [4.69, 9.17) is 21.1 Å². The molecule has 3 fully saturated rings.